The molecule has 0 aliphatic carbocycles. The summed E-state index contributed by atoms with van der Waals surface area (Å²) in [4.78, 5) is 0. The number of aryl methyl sites for hydroxylation is 1. The topological polar surface area (TPSA) is 0 Å². The lowest BCUT2D eigenvalue weighted by atomic mass is 10.2. The largest absolute Gasteiger partial charge is 0.0919 e. The number of hydrogen-bond donors (Lipinski definition) is 0. The van der Waals surface area contributed by atoms with Crippen LogP contribution in [0.1, 0.15) is 49.1 Å². The van der Waals surface area contributed by atoms with Gasteiger partial charge in [0.25, 0.3) is 0 Å². The molecule has 0 radical (unpaired) electrons. The van der Waals surface area contributed by atoms with Crippen LogP contribution in [0, 0.1) is 6.92 Å². The van der Waals surface area contributed by atoms with Gasteiger partial charge in [0.15, 0.2) is 0 Å². The molecule has 0 aromatic heterocycles. The Hall–Kier alpha value is -1.04. The molecule has 1 rings (SSSR count). The minimum absolute atomic E-state index is 0. The van der Waals surface area contributed by atoms with Crippen molar-refractivity contribution in [1.82, 2.24) is 0 Å². The zero-order valence-electron chi connectivity index (χ0n) is 7.54. The molecule has 0 saturated carbocycles. The first-order valence-corrected chi connectivity index (χ1v) is 3.90. The lowest BCUT2D eigenvalue weighted by Gasteiger charge is -1.82. The van der Waals surface area contributed by atoms with E-state index in [9.17, 15) is 0 Å². The van der Waals surface area contributed by atoms with E-state index in [0.717, 1.165) is 0 Å². The van der Waals surface area contributed by atoms with Crippen LogP contribution in [0.15, 0.2) is 42.5 Å². The van der Waals surface area contributed by atoms with Gasteiger partial charge in [-0.2, -0.15) is 0 Å². The summed E-state index contributed by atoms with van der Waals surface area (Å²) in [6.45, 7) is 6.08. The lowest BCUT2D eigenvalue weighted by Crippen LogP contribution is -1.62. The van der Waals surface area contributed by atoms with E-state index < -0.39 is 0 Å². The monoisotopic (exact) mass is 212 g/mol. The van der Waals surface area contributed by atoms with Crippen LogP contribution in [0.25, 0.3) is 0 Å². The second-order valence-corrected chi connectivity index (χ2v) is 2.32. The number of hydrogen-bond acceptors (Lipinski definition) is 0. The lowest BCUT2D eigenvalue weighted by molar-refractivity contribution is 1.48. The molecule has 1 aromatic carbocycles. The molecule has 0 aliphatic heterocycles. The van der Waals surface area contributed by atoms with Crippen molar-refractivity contribution in [3.05, 3.63) is 48.0 Å². The van der Waals surface area contributed by atoms with Gasteiger partial charge in [-0.05, 0) is 20.8 Å². The fraction of sp³-hybridized carbons (Fsp3) is 0.467. The molecular weight excluding hydrogens is 180 g/mol. The Morgan fingerprint density at radius 1 is 0.733 bits per heavy atom. The van der Waals surface area contributed by atoms with Crippen molar-refractivity contribution < 1.29 is 0 Å². The molecule has 0 heterocycles. The maximum absolute atomic E-state index is 2.08. The standard InChI is InChI=1S/C7H8.C4H8.4CH4/c1-7-5-3-2-4-6-7;1-3-4-2;;;;/h2-6H,1H3;3-4H,1-2H3;4*1H4/b;4-3-;;;;. The summed E-state index contributed by atoms with van der Waals surface area (Å²) >= 11 is 0. The summed E-state index contributed by atoms with van der Waals surface area (Å²) in [6.07, 6.45) is 4.00. The first-order valence-electron chi connectivity index (χ1n) is 3.90. The molecule has 92 valence electrons. The van der Waals surface area contributed by atoms with E-state index in [0.29, 0.717) is 0 Å². The summed E-state index contributed by atoms with van der Waals surface area (Å²) in [5.41, 5.74) is 1.32. The van der Waals surface area contributed by atoms with Gasteiger partial charge in [-0.1, -0.05) is 77.8 Å². The van der Waals surface area contributed by atoms with E-state index in [1.54, 1.807) is 0 Å². The van der Waals surface area contributed by atoms with E-state index in [2.05, 4.69) is 19.1 Å². The number of rotatable bonds is 0. The first kappa shape index (κ1) is 29.2. The normalized spacial score (nSPS) is 6.60. The van der Waals surface area contributed by atoms with Crippen LogP contribution in [-0.4, -0.2) is 0 Å². The van der Waals surface area contributed by atoms with E-state index in [1.165, 1.54) is 5.56 Å². The highest BCUT2D eigenvalue weighted by Gasteiger charge is 1.72. The van der Waals surface area contributed by atoms with Crippen LogP contribution >= 0.6 is 0 Å². The number of allylic oxidation sites excluding steroid dienone is 2. The second kappa shape index (κ2) is 23.1. The van der Waals surface area contributed by atoms with Gasteiger partial charge in [-0.3, -0.25) is 0 Å². The van der Waals surface area contributed by atoms with Crippen LogP contribution in [0.2, 0.25) is 0 Å². The van der Waals surface area contributed by atoms with Crippen molar-refractivity contribution >= 4 is 0 Å². The summed E-state index contributed by atoms with van der Waals surface area (Å²) in [7, 11) is 0. The molecule has 15 heavy (non-hydrogen) atoms. The zero-order chi connectivity index (χ0) is 8.53. The maximum Gasteiger partial charge on any atom is -0.0398 e. The van der Waals surface area contributed by atoms with Crippen LogP contribution in [0.4, 0.5) is 0 Å². The molecule has 0 spiro atoms. The average molecular weight is 212 g/mol. The third-order valence-electron chi connectivity index (χ3n) is 1.27. The van der Waals surface area contributed by atoms with Gasteiger partial charge in [0.1, 0.15) is 0 Å². The zero-order valence-corrected chi connectivity index (χ0v) is 7.54. The van der Waals surface area contributed by atoms with Crippen molar-refractivity contribution in [1.29, 1.82) is 0 Å². The summed E-state index contributed by atoms with van der Waals surface area (Å²) in [5, 5.41) is 0. The fourth-order valence-corrected chi connectivity index (χ4v) is 0.534. The van der Waals surface area contributed by atoms with E-state index in [1.807, 2.05) is 44.2 Å². The Morgan fingerprint density at radius 3 is 1.20 bits per heavy atom. The van der Waals surface area contributed by atoms with Crippen molar-refractivity contribution in [2.75, 3.05) is 0 Å². The van der Waals surface area contributed by atoms with Gasteiger partial charge in [-0.25, -0.2) is 0 Å². The van der Waals surface area contributed by atoms with Gasteiger partial charge >= 0.3 is 0 Å². The van der Waals surface area contributed by atoms with Gasteiger partial charge < -0.3 is 0 Å². The van der Waals surface area contributed by atoms with Crippen LogP contribution in [0.3, 0.4) is 0 Å². The minimum atomic E-state index is 0. The van der Waals surface area contributed by atoms with Crippen LogP contribution in [-0.2, 0) is 0 Å². The highest BCUT2D eigenvalue weighted by Crippen LogP contribution is 1.92. The summed E-state index contributed by atoms with van der Waals surface area (Å²) in [5.74, 6) is 0. The Kier molecular flexibility index (Phi) is 45.0. The third kappa shape index (κ3) is 24.6. The molecular formula is C15H32. The summed E-state index contributed by atoms with van der Waals surface area (Å²) in [6, 6.07) is 10.3. The van der Waals surface area contributed by atoms with Crippen molar-refractivity contribution in [2.45, 2.75) is 50.5 Å². The fourth-order valence-electron chi connectivity index (χ4n) is 0.534. The van der Waals surface area contributed by atoms with Crippen molar-refractivity contribution in [3.8, 4) is 0 Å². The molecule has 0 fully saturated rings. The van der Waals surface area contributed by atoms with Gasteiger partial charge in [-0.15, -0.1) is 0 Å². The smallest absolute Gasteiger partial charge is 0.0398 e. The second-order valence-electron chi connectivity index (χ2n) is 2.32. The van der Waals surface area contributed by atoms with Gasteiger partial charge in [0.05, 0.1) is 0 Å². The molecule has 0 bridgehead atoms. The Morgan fingerprint density at radius 2 is 1.07 bits per heavy atom. The molecule has 0 heteroatoms. The highest BCUT2D eigenvalue weighted by atomic mass is 13.8. The van der Waals surface area contributed by atoms with E-state index in [-0.39, 0.29) is 29.7 Å². The molecule has 0 aliphatic rings. The van der Waals surface area contributed by atoms with Gasteiger partial charge in [0.2, 0.25) is 0 Å². The molecule has 0 atom stereocenters. The third-order valence-corrected chi connectivity index (χ3v) is 1.27. The molecule has 0 nitrogen and oxygen atoms in total. The predicted molar refractivity (Wildman–Crippen MR) is 78.6 cm³/mol. The van der Waals surface area contributed by atoms with Crippen molar-refractivity contribution in [2.24, 2.45) is 0 Å². The first-order chi connectivity index (χ1) is 5.31. The maximum atomic E-state index is 2.08. The molecule has 0 N–H and O–H groups in total. The quantitative estimate of drug-likeness (QED) is 0.454. The molecule has 0 unspecified atom stereocenters. The Labute approximate surface area is 99.1 Å². The SMILES string of the molecule is C.C.C.C.C/C=C\C.Cc1ccccc1. The average Bonchev–Trinajstić information content (AvgIpc) is 2.07. The minimum Gasteiger partial charge on any atom is -0.0919 e. The van der Waals surface area contributed by atoms with E-state index >= 15 is 0 Å². The van der Waals surface area contributed by atoms with Crippen molar-refractivity contribution in [3.63, 3.8) is 0 Å². The van der Waals surface area contributed by atoms with E-state index in [4.69, 9.17) is 0 Å². The molecule has 0 saturated heterocycles. The molecule has 1 aromatic rings. The van der Waals surface area contributed by atoms with Gasteiger partial charge in [0, 0.05) is 0 Å². The Bertz CT molecular complexity index is 180. The Balaban J connectivity index is -0.0000000383. The van der Waals surface area contributed by atoms with Crippen LogP contribution < -0.4 is 0 Å². The highest BCUT2D eigenvalue weighted by molar-refractivity contribution is 5.11. The predicted octanol–water partition coefficient (Wildman–Crippen LogP) is 6.12. The number of benzene rings is 1. The summed E-state index contributed by atoms with van der Waals surface area (Å²) < 4.78 is 0. The molecule has 0 amide bonds. The van der Waals surface area contributed by atoms with Crippen LogP contribution in [0.5, 0.6) is 0 Å².